The van der Waals surface area contributed by atoms with Gasteiger partial charge in [0.1, 0.15) is 11.5 Å². The molecule has 0 aliphatic carbocycles. The lowest BCUT2D eigenvalue weighted by molar-refractivity contribution is 0.0938. The van der Waals surface area contributed by atoms with Crippen molar-refractivity contribution < 1.29 is 4.79 Å². The monoisotopic (exact) mass is 330 g/mol. The fourth-order valence-corrected chi connectivity index (χ4v) is 3.09. The van der Waals surface area contributed by atoms with E-state index in [0.29, 0.717) is 5.69 Å². The van der Waals surface area contributed by atoms with E-state index in [1.165, 1.54) is 5.56 Å². The van der Waals surface area contributed by atoms with E-state index in [0.717, 1.165) is 32.0 Å². The summed E-state index contributed by atoms with van der Waals surface area (Å²) < 4.78 is 4.05. The van der Waals surface area contributed by atoms with Gasteiger partial charge < -0.3 is 9.88 Å². The Morgan fingerprint density at radius 2 is 2.17 bits per heavy atom. The molecular formula is C17H26N6O. The average molecular weight is 330 g/mol. The van der Waals surface area contributed by atoms with Crippen molar-refractivity contribution in [3.8, 4) is 0 Å². The van der Waals surface area contributed by atoms with Crippen LogP contribution in [-0.2, 0) is 19.6 Å². The summed E-state index contributed by atoms with van der Waals surface area (Å²) in [5.41, 5.74) is 1.72. The number of amides is 1. The van der Waals surface area contributed by atoms with Crippen LogP contribution < -0.4 is 5.32 Å². The Hall–Kier alpha value is -2.15. The summed E-state index contributed by atoms with van der Waals surface area (Å²) in [7, 11) is 0. The maximum absolute atomic E-state index is 12.2. The van der Waals surface area contributed by atoms with Crippen molar-refractivity contribution >= 4 is 5.91 Å². The van der Waals surface area contributed by atoms with E-state index < -0.39 is 0 Å². The van der Waals surface area contributed by atoms with E-state index in [4.69, 9.17) is 0 Å². The highest BCUT2D eigenvalue weighted by Gasteiger charge is 2.27. The second-order valence-electron chi connectivity index (χ2n) is 6.66. The minimum absolute atomic E-state index is 0.102. The summed E-state index contributed by atoms with van der Waals surface area (Å²) in [6.45, 7) is 11.7. The molecule has 7 nitrogen and oxygen atoms in total. The first-order valence-corrected chi connectivity index (χ1v) is 8.61. The number of carbonyl (C=O) groups is 1. The molecule has 0 radical (unpaired) electrons. The summed E-state index contributed by atoms with van der Waals surface area (Å²) in [6, 6.07) is 0.282. The normalized spacial score (nSPS) is 18.0. The Labute approximate surface area is 142 Å². The quantitative estimate of drug-likeness (QED) is 0.908. The van der Waals surface area contributed by atoms with Gasteiger partial charge in [0.2, 0.25) is 0 Å². The Morgan fingerprint density at radius 1 is 1.38 bits per heavy atom. The molecule has 1 aliphatic rings. The molecule has 1 N–H and O–H groups in total. The van der Waals surface area contributed by atoms with Gasteiger partial charge in [-0.25, -0.2) is 4.98 Å². The minimum Gasteiger partial charge on any atom is -0.348 e. The number of aromatic nitrogens is 4. The fraction of sp³-hybridized carbons (Fsp3) is 0.588. The first-order chi connectivity index (χ1) is 11.5. The number of hydrogen-bond acceptors (Lipinski definition) is 4. The summed E-state index contributed by atoms with van der Waals surface area (Å²) >= 11 is 0. The van der Waals surface area contributed by atoms with E-state index in [-0.39, 0.29) is 18.0 Å². The lowest BCUT2D eigenvalue weighted by Gasteiger charge is -2.33. The summed E-state index contributed by atoms with van der Waals surface area (Å²) in [5, 5.41) is 7.24. The maximum atomic E-state index is 12.2. The van der Waals surface area contributed by atoms with Gasteiger partial charge in [0.05, 0.1) is 12.2 Å². The molecule has 0 bridgehead atoms. The van der Waals surface area contributed by atoms with Crippen molar-refractivity contribution in [1.29, 1.82) is 0 Å². The molecule has 0 aromatic carbocycles. The highest BCUT2D eigenvalue weighted by atomic mass is 16.2. The molecule has 3 rings (SSSR count). The van der Waals surface area contributed by atoms with E-state index in [1.54, 1.807) is 0 Å². The Balaban J connectivity index is 1.73. The van der Waals surface area contributed by atoms with Gasteiger partial charge in [0.25, 0.3) is 5.91 Å². The molecular weight excluding hydrogens is 304 g/mol. The second kappa shape index (κ2) is 6.76. The Bertz CT molecular complexity index is 716. The van der Waals surface area contributed by atoms with E-state index in [2.05, 4.69) is 44.9 Å². The van der Waals surface area contributed by atoms with Gasteiger partial charge in [-0.2, -0.15) is 5.10 Å². The van der Waals surface area contributed by atoms with Crippen LogP contribution in [0.15, 0.2) is 18.6 Å². The van der Waals surface area contributed by atoms with Crippen molar-refractivity contribution in [2.24, 2.45) is 0 Å². The van der Waals surface area contributed by atoms with Gasteiger partial charge in [-0.15, -0.1) is 0 Å². The topological polar surface area (TPSA) is 68.0 Å². The lowest BCUT2D eigenvalue weighted by atomic mass is 10.2. The van der Waals surface area contributed by atoms with Crippen molar-refractivity contribution in [3.05, 3.63) is 35.7 Å². The number of nitrogens with one attached hydrogen (secondary N) is 1. The average Bonchev–Trinajstić information content (AvgIpc) is 3.16. The van der Waals surface area contributed by atoms with Crippen LogP contribution in [0.25, 0.3) is 0 Å². The molecule has 2 aromatic heterocycles. The van der Waals surface area contributed by atoms with Crippen LogP contribution in [-0.4, -0.2) is 42.7 Å². The SMILES string of the molecule is CCn1cc(CN2CCn3cc(C(=O)NC(C)C)nc3[C@H]2C)cn1. The second-order valence-corrected chi connectivity index (χ2v) is 6.66. The van der Waals surface area contributed by atoms with Crippen LogP contribution in [0.1, 0.15) is 55.6 Å². The third kappa shape index (κ3) is 3.36. The number of fused-ring (bicyclic) bond motifs is 1. The fourth-order valence-electron chi connectivity index (χ4n) is 3.09. The van der Waals surface area contributed by atoms with Crippen molar-refractivity contribution in [2.45, 2.75) is 59.4 Å². The van der Waals surface area contributed by atoms with E-state index in [1.807, 2.05) is 30.9 Å². The standard InChI is InChI=1S/C17H26N6O/c1-5-23-10-14(8-18-23)9-21-6-7-22-11-15(17(24)19-12(2)3)20-16(22)13(21)4/h8,10-13H,5-7,9H2,1-4H3,(H,19,24)/t13-/m1/s1. The summed E-state index contributed by atoms with van der Waals surface area (Å²) in [6.07, 6.45) is 5.89. The molecule has 0 saturated heterocycles. The number of aryl methyl sites for hydroxylation is 1. The number of rotatable bonds is 5. The zero-order valence-corrected chi connectivity index (χ0v) is 14.9. The molecule has 24 heavy (non-hydrogen) atoms. The van der Waals surface area contributed by atoms with Gasteiger partial charge in [-0.05, 0) is 27.7 Å². The van der Waals surface area contributed by atoms with Crippen molar-refractivity contribution in [3.63, 3.8) is 0 Å². The number of hydrogen-bond donors (Lipinski definition) is 1. The molecule has 0 fully saturated rings. The molecule has 0 unspecified atom stereocenters. The third-order valence-electron chi connectivity index (χ3n) is 4.41. The van der Waals surface area contributed by atoms with Gasteiger partial charge in [0, 0.05) is 50.2 Å². The lowest BCUT2D eigenvalue weighted by Crippen LogP contribution is -2.36. The van der Waals surface area contributed by atoms with Crippen LogP contribution in [0, 0.1) is 0 Å². The predicted octanol–water partition coefficient (Wildman–Crippen LogP) is 1.81. The first-order valence-electron chi connectivity index (χ1n) is 8.61. The molecule has 1 atom stereocenters. The van der Waals surface area contributed by atoms with Crippen LogP contribution in [0.4, 0.5) is 0 Å². The Kier molecular flexibility index (Phi) is 4.71. The smallest absolute Gasteiger partial charge is 0.271 e. The van der Waals surface area contributed by atoms with Crippen LogP contribution in [0.3, 0.4) is 0 Å². The number of nitrogens with zero attached hydrogens (tertiary/aromatic N) is 5. The molecule has 130 valence electrons. The highest BCUT2D eigenvalue weighted by Crippen LogP contribution is 2.26. The molecule has 1 amide bonds. The highest BCUT2D eigenvalue weighted by molar-refractivity contribution is 5.92. The Morgan fingerprint density at radius 3 is 2.83 bits per heavy atom. The number of carbonyl (C=O) groups excluding carboxylic acids is 1. The van der Waals surface area contributed by atoms with Crippen LogP contribution in [0.5, 0.6) is 0 Å². The molecule has 0 spiro atoms. The molecule has 1 aliphatic heterocycles. The summed E-state index contributed by atoms with van der Waals surface area (Å²) in [4.78, 5) is 19.1. The molecule has 7 heteroatoms. The summed E-state index contributed by atoms with van der Waals surface area (Å²) in [5.74, 6) is 0.855. The van der Waals surface area contributed by atoms with Gasteiger partial charge in [-0.3, -0.25) is 14.4 Å². The van der Waals surface area contributed by atoms with E-state index >= 15 is 0 Å². The minimum atomic E-state index is -0.102. The predicted molar refractivity (Wildman–Crippen MR) is 91.6 cm³/mol. The van der Waals surface area contributed by atoms with Crippen molar-refractivity contribution in [2.75, 3.05) is 6.54 Å². The zero-order valence-electron chi connectivity index (χ0n) is 14.9. The van der Waals surface area contributed by atoms with Gasteiger partial charge in [0.15, 0.2) is 0 Å². The van der Waals surface area contributed by atoms with Crippen LogP contribution >= 0.6 is 0 Å². The van der Waals surface area contributed by atoms with Gasteiger partial charge in [-0.1, -0.05) is 0 Å². The first kappa shape index (κ1) is 16.7. The van der Waals surface area contributed by atoms with Crippen molar-refractivity contribution in [1.82, 2.24) is 29.5 Å². The molecule has 0 saturated carbocycles. The third-order valence-corrected chi connectivity index (χ3v) is 4.41. The van der Waals surface area contributed by atoms with Crippen LogP contribution in [0.2, 0.25) is 0 Å². The van der Waals surface area contributed by atoms with E-state index in [9.17, 15) is 4.79 Å². The number of imidazole rings is 1. The largest absolute Gasteiger partial charge is 0.348 e. The van der Waals surface area contributed by atoms with Gasteiger partial charge >= 0.3 is 0 Å². The molecule has 2 aromatic rings. The maximum Gasteiger partial charge on any atom is 0.271 e. The molecule has 3 heterocycles. The zero-order chi connectivity index (χ0) is 17.3.